The van der Waals surface area contributed by atoms with Crippen molar-refractivity contribution in [3.63, 3.8) is 0 Å². The molecule has 8 nitrogen and oxygen atoms in total. The van der Waals surface area contributed by atoms with Crippen molar-refractivity contribution in [2.24, 2.45) is 11.0 Å². The zero-order valence-electron chi connectivity index (χ0n) is 22.4. The van der Waals surface area contributed by atoms with Crippen LogP contribution in [0.1, 0.15) is 39.4 Å². The Bertz CT molecular complexity index is 1430. The average molecular weight is 569 g/mol. The summed E-state index contributed by atoms with van der Waals surface area (Å²) >= 11 is 12.6. The Hall–Kier alpha value is -3.75. The predicted molar refractivity (Wildman–Crippen MR) is 156 cm³/mol. The minimum Gasteiger partial charge on any atom is -0.494 e. The molecular formula is C29H30Cl2N4O4. The van der Waals surface area contributed by atoms with E-state index in [1.807, 2.05) is 56.0 Å². The Kier molecular flexibility index (Phi) is 8.67. The van der Waals surface area contributed by atoms with E-state index in [0.717, 1.165) is 5.56 Å². The molecule has 0 aliphatic carbocycles. The Morgan fingerprint density at radius 3 is 2.36 bits per heavy atom. The van der Waals surface area contributed by atoms with Crippen LogP contribution < -0.4 is 24.7 Å². The minimum atomic E-state index is -0.621. The summed E-state index contributed by atoms with van der Waals surface area (Å²) < 4.78 is 11.6. The monoisotopic (exact) mass is 568 g/mol. The molecule has 0 fully saturated rings. The fraction of sp³-hybridized carbons (Fsp3) is 0.276. The number of para-hydroxylation sites is 1. The maximum Gasteiger partial charge on any atom is 0.227 e. The molecule has 1 unspecified atom stereocenters. The third-order valence-electron chi connectivity index (χ3n) is 6.13. The molecule has 39 heavy (non-hydrogen) atoms. The SMILES string of the molecule is CCOc1ccccc1C1N(c2ccc(Cl)c(Cl)c2)N=C(C(C)=O)N1c1ccc(NC(=O)C(C)C)c(OC)c1. The van der Waals surface area contributed by atoms with Gasteiger partial charge in [0, 0.05) is 30.2 Å². The lowest BCUT2D eigenvalue weighted by Gasteiger charge is -2.33. The standard InChI is InChI=1S/C29H30Cl2N4O4/c1-6-39-25-10-8-7-9-21(25)29-34(19-12-14-24(26(16-19)38-5)32-28(37)17(2)3)27(18(4)36)33-35(29)20-11-13-22(30)23(31)15-20/h7-17,29H,6H2,1-5H3,(H,32,37). The van der Waals surface area contributed by atoms with Crippen LogP contribution in [0.2, 0.25) is 10.0 Å². The first kappa shape index (κ1) is 28.3. The molecule has 1 N–H and O–H groups in total. The number of amides is 1. The molecule has 0 aromatic heterocycles. The number of hydrogen-bond acceptors (Lipinski definition) is 7. The maximum atomic E-state index is 13.0. The number of halogens is 2. The van der Waals surface area contributed by atoms with Gasteiger partial charge in [-0.2, -0.15) is 0 Å². The molecule has 204 valence electrons. The Balaban J connectivity index is 1.91. The molecule has 0 saturated carbocycles. The van der Waals surface area contributed by atoms with E-state index in [2.05, 4.69) is 5.32 Å². The number of ether oxygens (including phenoxy) is 2. The number of rotatable bonds is 9. The van der Waals surface area contributed by atoms with Crippen LogP contribution >= 0.6 is 23.2 Å². The summed E-state index contributed by atoms with van der Waals surface area (Å²) in [7, 11) is 1.53. The molecule has 0 radical (unpaired) electrons. The number of Topliss-reactive ketones (excluding diaryl/α,β-unsaturated/α-hetero) is 1. The molecule has 0 saturated heterocycles. The lowest BCUT2D eigenvalue weighted by Crippen LogP contribution is -2.38. The van der Waals surface area contributed by atoms with Gasteiger partial charge in [0.05, 0.1) is 35.1 Å². The van der Waals surface area contributed by atoms with E-state index in [4.69, 9.17) is 37.8 Å². The Morgan fingerprint density at radius 1 is 1.00 bits per heavy atom. The van der Waals surface area contributed by atoms with Gasteiger partial charge in [0.25, 0.3) is 0 Å². The molecule has 1 aliphatic heterocycles. The van der Waals surface area contributed by atoms with Crippen molar-refractivity contribution in [3.8, 4) is 11.5 Å². The molecule has 0 bridgehead atoms. The predicted octanol–water partition coefficient (Wildman–Crippen LogP) is 6.92. The fourth-order valence-corrected chi connectivity index (χ4v) is 4.51. The summed E-state index contributed by atoms with van der Waals surface area (Å²) in [5.74, 6) is 0.708. The van der Waals surface area contributed by atoms with Crippen LogP contribution in [0.3, 0.4) is 0 Å². The fourth-order valence-electron chi connectivity index (χ4n) is 4.22. The van der Waals surface area contributed by atoms with Gasteiger partial charge in [-0.1, -0.05) is 55.2 Å². The minimum absolute atomic E-state index is 0.137. The quantitative estimate of drug-likeness (QED) is 0.301. The third-order valence-corrected chi connectivity index (χ3v) is 6.87. The lowest BCUT2D eigenvalue weighted by molar-refractivity contribution is -0.119. The van der Waals surface area contributed by atoms with Gasteiger partial charge in [-0.3, -0.25) is 14.5 Å². The zero-order chi connectivity index (χ0) is 28.3. The van der Waals surface area contributed by atoms with Crippen LogP contribution in [0.25, 0.3) is 0 Å². The second-order valence-electron chi connectivity index (χ2n) is 9.17. The van der Waals surface area contributed by atoms with E-state index in [1.54, 1.807) is 35.3 Å². The first-order valence-corrected chi connectivity index (χ1v) is 13.3. The highest BCUT2D eigenvalue weighted by molar-refractivity contribution is 6.44. The molecule has 1 atom stereocenters. The summed E-state index contributed by atoms with van der Waals surface area (Å²) in [6, 6.07) is 18.1. The highest BCUT2D eigenvalue weighted by Crippen LogP contribution is 2.44. The van der Waals surface area contributed by atoms with Crippen LogP contribution in [-0.4, -0.2) is 31.2 Å². The largest absolute Gasteiger partial charge is 0.494 e. The second-order valence-corrected chi connectivity index (χ2v) is 9.98. The number of benzene rings is 3. The zero-order valence-corrected chi connectivity index (χ0v) is 23.9. The molecule has 3 aromatic rings. The first-order chi connectivity index (χ1) is 18.7. The summed E-state index contributed by atoms with van der Waals surface area (Å²) in [4.78, 5) is 27.2. The van der Waals surface area contributed by atoms with Crippen LogP contribution in [0, 0.1) is 5.92 Å². The van der Waals surface area contributed by atoms with Crippen molar-refractivity contribution >= 4 is 57.8 Å². The highest BCUT2D eigenvalue weighted by atomic mass is 35.5. The summed E-state index contributed by atoms with van der Waals surface area (Å²) in [6.45, 7) is 7.45. The Labute approximate surface area is 238 Å². The van der Waals surface area contributed by atoms with Gasteiger partial charge in [-0.25, -0.2) is 5.01 Å². The molecule has 0 spiro atoms. The summed E-state index contributed by atoms with van der Waals surface area (Å²) in [5.41, 5.74) is 2.56. The van der Waals surface area contributed by atoms with Gasteiger partial charge in [0.1, 0.15) is 11.5 Å². The second kappa shape index (κ2) is 12.0. The molecule has 1 aliphatic rings. The normalized spacial score (nSPS) is 14.9. The van der Waals surface area contributed by atoms with Gasteiger partial charge < -0.3 is 14.8 Å². The molecule has 3 aromatic carbocycles. The number of nitrogens with zero attached hydrogens (tertiary/aromatic N) is 3. The third kappa shape index (κ3) is 5.82. The van der Waals surface area contributed by atoms with Crippen LogP contribution in [-0.2, 0) is 9.59 Å². The molecule has 10 heteroatoms. The van der Waals surface area contributed by atoms with E-state index < -0.39 is 6.17 Å². The number of ketones is 1. The number of hydrogen-bond donors (Lipinski definition) is 1. The summed E-state index contributed by atoms with van der Waals surface area (Å²) in [5, 5.41) is 10.1. The molecular weight excluding hydrogens is 539 g/mol. The number of carbonyl (C=O) groups is 2. The van der Waals surface area contributed by atoms with E-state index >= 15 is 0 Å². The van der Waals surface area contributed by atoms with Crippen molar-refractivity contribution in [3.05, 3.63) is 76.3 Å². The number of carbonyl (C=O) groups excluding carboxylic acids is 2. The Morgan fingerprint density at radius 2 is 1.72 bits per heavy atom. The van der Waals surface area contributed by atoms with Gasteiger partial charge in [-0.05, 0) is 43.3 Å². The van der Waals surface area contributed by atoms with E-state index in [-0.39, 0.29) is 23.4 Å². The van der Waals surface area contributed by atoms with Gasteiger partial charge in [0.2, 0.25) is 5.91 Å². The van der Waals surface area contributed by atoms with Gasteiger partial charge >= 0.3 is 0 Å². The van der Waals surface area contributed by atoms with Crippen molar-refractivity contribution in [1.82, 2.24) is 0 Å². The van der Waals surface area contributed by atoms with Crippen molar-refractivity contribution in [1.29, 1.82) is 0 Å². The van der Waals surface area contributed by atoms with Crippen molar-refractivity contribution in [2.45, 2.75) is 33.9 Å². The highest BCUT2D eigenvalue weighted by Gasteiger charge is 2.41. The number of nitrogens with one attached hydrogen (secondary N) is 1. The number of hydrazone groups is 1. The van der Waals surface area contributed by atoms with E-state index in [1.165, 1.54) is 14.0 Å². The first-order valence-electron chi connectivity index (χ1n) is 12.5. The number of methoxy groups -OCH3 is 1. The van der Waals surface area contributed by atoms with E-state index in [0.29, 0.717) is 45.2 Å². The van der Waals surface area contributed by atoms with Gasteiger partial charge in [0.15, 0.2) is 17.8 Å². The van der Waals surface area contributed by atoms with E-state index in [9.17, 15) is 9.59 Å². The van der Waals surface area contributed by atoms with Crippen LogP contribution in [0.15, 0.2) is 65.8 Å². The lowest BCUT2D eigenvalue weighted by atomic mass is 10.1. The molecule has 1 heterocycles. The maximum absolute atomic E-state index is 13.0. The van der Waals surface area contributed by atoms with Crippen molar-refractivity contribution < 1.29 is 19.1 Å². The van der Waals surface area contributed by atoms with Crippen LogP contribution in [0.5, 0.6) is 11.5 Å². The van der Waals surface area contributed by atoms with Crippen molar-refractivity contribution in [2.75, 3.05) is 28.9 Å². The van der Waals surface area contributed by atoms with Gasteiger partial charge in [-0.15, -0.1) is 5.10 Å². The molecule has 1 amide bonds. The average Bonchev–Trinajstić information content (AvgIpc) is 3.31. The van der Waals surface area contributed by atoms with Crippen LogP contribution in [0.4, 0.5) is 17.1 Å². The number of amidine groups is 1. The smallest absolute Gasteiger partial charge is 0.227 e. The summed E-state index contributed by atoms with van der Waals surface area (Å²) in [6.07, 6.45) is -0.621. The number of anilines is 3. The topological polar surface area (TPSA) is 83.5 Å². The molecule has 4 rings (SSSR count).